The Morgan fingerprint density at radius 3 is 3.10 bits per heavy atom. The quantitative estimate of drug-likeness (QED) is 0.611. The molecule has 7 heteroatoms. The van der Waals surface area contributed by atoms with Gasteiger partial charge in [0, 0.05) is 29.8 Å². The first-order chi connectivity index (χ1) is 9.61. The molecule has 0 aromatic carbocycles. The number of carbonyl (C=O) groups excluding carboxylic acids is 1. The molecule has 20 heavy (non-hydrogen) atoms. The molecule has 0 aliphatic carbocycles. The molecule has 0 N–H and O–H groups in total. The maximum Gasteiger partial charge on any atom is 0.410 e. The van der Waals surface area contributed by atoms with Crippen molar-refractivity contribution in [1.29, 1.82) is 0 Å². The Morgan fingerprint density at radius 1 is 1.60 bits per heavy atom. The van der Waals surface area contributed by atoms with Crippen LogP contribution in [0.1, 0.15) is 37.1 Å². The molecule has 2 atom stereocenters. The fraction of sp³-hybridized carbons (Fsp3) is 0.538. The van der Waals surface area contributed by atoms with E-state index < -0.39 is 4.92 Å². The average molecular weight is 277 g/mol. The number of amides is 1. The smallest absolute Gasteiger partial charge is 0.410 e. The van der Waals surface area contributed by atoms with Crippen LogP contribution in [-0.4, -0.2) is 33.5 Å². The van der Waals surface area contributed by atoms with E-state index in [0.29, 0.717) is 13.0 Å². The van der Waals surface area contributed by atoms with Crippen LogP contribution in [0, 0.1) is 10.1 Å². The Labute approximate surface area is 115 Å². The zero-order valence-electron chi connectivity index (χ0n) is 11.1. The lowest BCUT2D eigenvalue weighted by Gasteiger charge is -2.34. The Kier molecular flexibility index (Phi) is 3.04. The second-order valence-corrected chi connectivity index (χ2v) is 5.04. The van der Waals surface area contributed by atoms with Crippen molar-refractivity contribution in [3.05, 3.63) is 33.6 Å². The van der Waals surface area contributed by atoms with Crippen molar-refractivity contribution in [1.82, 2.24) is 9.88 Å². The highest BCUT2D eigenvalue weighted by molar-refractivity contribution is 5.70. The van der Waals surface area contributed by atoms with E-state index in [1.54, 1.807) is 17.9 Å². The normalized spacial score (nSPS) is 23.4. The topological polar surface area (TPSA) is 85.6 Å². The van der Waals surface area contributed by atoms with Gasteiger partial charge in [0.2, 0.25) is 0 Å². The number of rotatable bonds is 2. The predicted molar refractivity (Wildman–Crippen MR) is 69.2 cm³/mol. The van der Waals surface area contributed by atoms with Gasteiger partial charge in [-0.3, -0.25) is 20.0 Å². The molecular formula is C13H15N3O4. The van der Waals surface area contributed by atoms with Gasteiger partial charge in [-0.1, -0.05) is 0 Å². The summed E-state index contributed by atoms with van der Waals surface area (Å²) in [6.07, 6.45) is 3.28. The van der Waals surface area contributed by atoms with Crippen molar-refractivity contribution >= 4 is 11.8 Å². The highest BCUT2D eigenvalue weighted by atomic mass is 16.6. The molecule has 2 bridgehead atoms. The third kappa shape index (κ3) is 1.90. The van der Waals surface area contributed by atoms with E-state index in [0.717, 1.165) is 24.1 Å². The van der Waals surface area contributed by atoms with Crippen LogP contribution in [0.25, 0.3) is 0 Å². The zero-order valence-corrected chi connectivity index (χ0v) is 11.1. The van der Waals surface area contributed by atoms with Gasteiger partial charge in [0.05, 0.1) is 17.6 Å². The first kappa shape index (κ1) is 12.8. The van der Waals surface area contributed by atoms with Gasteiger partial charge >= 0.3 is 6.09 Å². The molecule has 3 rings (SSSR count). The van der Waals surface area contributed by atoms with Crippen molar-refractivity contribution < 1.29 is 14.5 Å². The standard InChI is InChI=1S/C13H15N3O4/c1-2-20-13(17)15-8-3-4-12(15)10-5-9(16(18)19)7-14-11(10)6-8/h5,7-8,12H,2-4,6H2,1H3. The van der Waals surface area contributed by atoms with Crippen molar-refractivity contribution in [2.24, 2.45) is 0 Å². The molecule has 1 saturated heterocycles. The lowest BCUT2D eigenvalue weighted by molar-refractivity contribution is -0.385. The van der Waals surface area contributed by atoms with Gasteiger partial charge < -0.3 is 4.74 Å². The first-order valence-electron chi connectivity index (χ1n) is 6.70. The highest BCUT2D eigenvalue weighted by Crippen LogP contribution is 2.44. The number of hydrogen-bond acceptors (Lipinski definition) is 5. The lowest BCUT2D eigenvalue weighted by Crippen LogP contribution is -2.42. The van der Waals surface area contributed by atoms with Crippen LogP contribution >= 0.6 is 0 Å². The molecule has 0 spiro atoms. The average Bonchev–Trinajstić information content (AvgIpc) is 2.74. The maximum atomic E-state index is 12.0. The van der Waals surface area contributed by atoms with Gasteiger partial charge in [-0.05, 0) is 19.8 Å². The highest BCUT2D eigenvalue weighted by Gasteiger charge is 2.44. The second-order valence-electron chi connectivity index (χ2n) is 5.04. The summed E-state index contributed by atoms with van der Waals surface area (Å²) in [5.74, 6) is 0. The van der Waals surface area contributed by atoms with Crippen molar-refractivity contribution in [3.63, 3.8) is 0 Å². The van der Waals surface area contributed by atoms with E-state index in [-0.39, 0.29) is 23.9 Å². The van der Waals surface area contributed by atoms with Crippen LogP contribution < -0.4 is 0 Å². The number of hydrogen-bond donors (Lipinski definition) is 0. The van der Waals surface area contributed by atoms with E-state index in [1.807, 2.05) is 0 Å². The third-order valence-electron chi connectivity index (χ3n) is 3.97. The van der Waals surface area contributed by atoms with Gasteiger partial charge in [-0.15, -0.1) is 0 Å². The number of pyridine rings is 1. The van der Waals surface area contributed by atoms with Crippen LogP contribution in [0.3, 0.4) is 0 Å². The summed E-state index contributed by atoms with van der Waals surface area (Å²) >= 11 is 0. The van der Waals surface area contributed by atoms with Crippen molar-refractivity contribution in [3.8, 4) is 0 Å². The van der Waals surface area contributed by atoms with Crippen molar-refractivity contribution in [2.75, 3.05) is 6.61 Å². The molecule has 2 aliphatic heterocycles. The molecule has 1 fully saturated rings. The minimum atomic E-state index is -0.455. The molecule has 0 radical (unpaired) electrons. The summed E-state index contributed by atoms with van der Waals surface area (Å²) in [4.78, 5) is 28.4. The Hall–Kier alpha value is -2.18. The van der Waals surface area contributed by atoms with E-state index in [1.165, 1.54) is 6.20 Å². The summed E-state index contributed by atoms with van der Waals surface area (Å²) < 4.78 is 5.09. The van der Waals surface area contributed by atoms with Crippen LogP contribution in [0.4, 0.5) is 10.5 Å². The number of nitro groups is 1. The minimum Gasteiger partial charge on any atom is -0.450 e. The molecule has 106 valence electrons. The number of aromatic nitrogens is 1. The van der Waals surface area contributed by atoms with Crippen LogP contribution in [0.5, 0.6) is 0 Å². The van der Waals surface area contributed by atoms with E-state index >= 15 is 0 Å². The first-order valence-corrected chi connectivity index (χ1v) is 6.70. The molecule has 1 aromatic rings. The fourth-order valence-corrected chi connectivity index (χ4v) is 3.14. The van der Waals surface area contributed by atoms with Crippen LogP contribution in [0.2, 0.25) is 0 Å². The molecule has 2 aliphatic rings. The van der Waals surface area contributed by atoms with E-state index in [2.05, 4.69) is 4.98 Å². The number of nitrogens with zero attached hydrogens (tertiary/aromatic N) is 3. The number of fused-ring (bicyclic) bond motifs is 4. The van der Waals surface area contributed by atoms with Gasteiger partial charge in [-0.2, -0.15) is 0 Å². The maximum absolute atomic E-state index is 12.0. The summed E-state index contributed by atoms with van der Waals surface area (Å²) in [6, 6.07) is 1.50. The Bertz CT molecular complexity index is 575. The largest absolute Gasteiger partial charge is 0.450 e. The van der Waals surface area contributed by atoms with Gasteiger partial charge in [0.1, 0.15) is 6.20 Å². The summed E-state index contributed by atoms with van der Waals surface area (Å²) in [5, 5.41) is 10.9. The minimum absolute atomic E-state index is 0.0297. The molecule has 2 unspecified atom stereocenters. The molecule has 1 amide bonds. The van der Waals surface area contributed by atoms with E-state index in [9.17, 15) is 14.9 Å². The molecule has 3 heterocycles. The summed E-state index contributed by atoms with van der Waals surface area (Å²) in [5.41, 5.74) is 1.63. The van der Waals surface area contributed by atoms with Crippen LogP contribution in [-0.2, 0) is 11.2 Å². The lowest BCUT2D eigenvalue weighted by atomic mass is 9.98. The van der Waals surface area contributed by atoms with E-state index in [4.69, 9.17) is 4.74 Å². The van der Waals surface area contributed by atoms with Gasteiger partial charge in [-0.25, -0.2) is 4.79 Å². The Morgan fingerprint density at radius 2 is 2.40 bits per heavy atom. The number of carbonyl (C=O) groups is 1. The molecule has 7 nitrogen and oxygen atoms in total. The monoisotopic (exact) mass is 277 g/mol. The molecular weight excluding hydrogens is 262 g/mol. The summed E-state index contributed by atoms with van der Waals surface area (Å²) in [7, 11) is 0. The predicted octanol–water partition coefficient (Wildman–Crippen LogP) is 2.21. The number of ether oxygens (including phenoxy) is 1. The van der Waals surface area contributed by atoms with Gasteiger partial charge in [0.25, 0.3) is 5.69 Å². The van der Waals surface area contributed by atoms with Crippen molar-refractivity contribution in [2.45, 2.75) is 38.3 Å². The van der Waals surface area contributed by atoms with Gasteiger partial charge in [0.15, 0.2) is 0 Å². The fourth-order valence-electron chi connectivity index (χ4n) is 3.14. The zero-order chi connectivity index (χ0) is 14.3. The Balaban J connectivity index is 1.98. The molecule has 0 saturated carbocycles. The second kappa shape index (κ2) is 4.73. The summed E-state index contributed by atoms with van der Waals surface area (Å²) in [6.45, 7) is 2.10. The van der Waals surface area contributed by atoms with Crippen LogP contribution in [0.15, 0.2) is 12.3 Å². The molecule has 1 aromatic heterocycles. The third-order valence-corrected chi connectivity index (χ3v) is 3.97. The SMILES string of the molecule is CCOC(=O)N1C2CCC1c1cc([N+](=O)[O-])cnc1C2.